The topological polar surface area (TPSA) is 122 Å². The number of carbonyl (C=O) groups excluding carboxylic acids is 1. The van der Waals surface area contributed by atoms with Gasteiger partial charge in [-0.15, -0.1) is 10.2 Å². The summed E-state index contributed by atoms with van der Waals surface area (Å²) in [5, 5.41) is 30.3. The Labute approximate surface area is 278 Å². The van der Waals surface area contributed by atoms with Gasteiger partial charge in [-0.2, -0.15) is 5.10 Å². The molecular weight excluding hydrogens is 616 g/mol. The second kappa shape index (κ2) is 12.2. The first-order chi connectivity index (χ1) is 22.5. The second-order valence-electron chi connectivity index (χ2n) is 13.5. The van der Waals surface area contributed by atoms with Crippen LogP contribution in [0.1, 0.15) is 87.3 Å². The van der Waals surface area contributed by atoms with Crippen LogP contribution < -0.4 is 15.4 Å². The first kappa shape index (κ1) is 31.0. The summed E-state index contributed by atoms with van der Waals surface area (Å²) in [7, 11) is 2.13. The molecule has 1 aliphatic heterocycles. The molecule has 244 valence electrons. The van der Waals surface area contributed by atoms with Crippen LogP contribution >= 0.6 is 11.6 Å². The zero-order valence-electron chi connectivity index (χ0n) is 26.9. The normalized spacial score (nSPS) is 19.9. The van der Waals surface area contributed by atoms with Crippen molar-refractivity contribution in [1.29, 1.82) is 0 Å². The van der Waals surface area contributed by atoms with Gasteiger partial charge in [-0.05, 0) is 74.7 Å². The smallest absolute Gasteiger partial charge is 0.320 e. The Hall–Kier alpha value is -4.61. The number of rotatable bonds is 6. The lowest BCUT2D eigenvalue weighted by Gasteiger charge is -2.32. The van der Waals surface area contributed by atoms with Gasteiger partial charge in [0.25, 0.3) is 0 Å². The number of benzene rings is 2. The van der Waals surface area contributed by atoms with Crippen molar-refractivity contribution in [1.82, 2.24) is 34.6 Å². The van der Waals surface area contributed by atoms with Crippen molar-refractivity contribution in [3.63, 3.8) is 0 Å². The van der Waals surface area contributed by atoms with Crippen LogP contribution in [0.5, 0.6) is 11.5 Å². The number of carbonyl (C=O) groups is 1. The Bertz CT molecular complexity index is 1950. The van der Waals surface area contributed by atoms with Gasteiger partial charge in [-0.1, -0.05) is 56.6 Å². The molecule has 7 rings (SSSR count). The number of aromatic nitrogens is 5. The van der Waals surface area contributed by atoms with Crippen LogP contribution in [0.3, 0.4) is 0 Å². The molecule has 11 nitrogen and oxygen atoms in total. The Morgan fingerprint density at radius 3 is 2.57 bits per heavy atom. The van der Waals surface area contributed by atoms with Crippen LogP contribution in [0, 0.1) is 0 Å². The van der Waals surface area contributed by atoms with E-state index in [-0.39, 0.29) is 40.4 Å². The van der Waals surface area contributed by atoms with Crippen molar-refractivity contribution in [3.8, 4) is 17.2 Å². The van der Waals surface area contributed by atoms with Crippen molar-refractivity contribution < 1.29 is 14.6 Å². The van der Waals surface area contributed by atoms with Crippen molar-refractivity contribution in [2.24, 2.45) is 0 Å². The molecule has 3 N–H and O–H groups in total. The Morgan fingerprint density at radius 1 is 1.02 bits per heavy atom. The molecule has 0 bridgehead atoms. The Morgan fingerprint density at radius 2 is 1.83 bits per heavy atom. The molecular formula is C35H39ClN8O3. The van der Waals surface area contributed by atoms with E-state index in [1.807, 2.05) is 47.0 Å². The number of aromatic hydroxyl groups is 1. The van der Waals surface area contributed by atoms with E-state index in [0.717, 1.165) is 59.8 Å². The average Bonchev–Trinajstić information content (AvgIpc) is 3.78. The van der Waals surface area contributed by atoms with Crippen LogP contribution in [0.2, 0.25) is 5.02 Å². The summed E-state index contributed by atoms with van der Waals surface area (Å²) in [6.07, 6.45) is 5.44. The fourth-order valence-corrected chi connectivity index (χ4v) is 6.70. The highest BCUT2D eigenvalue weighted by Crippen LogP contribution is 2.39. The van der Waals surface area contributed by atoms with Crippen LogP contribution in [0.25, 0.3) is 11.3 Å². The van der Waals surface area contributed by atoms with E-state index >= 15 is 0 Å². The van der Waals surface area contributed by atoms with Crippen LogP contribution in [-0.2, 0) is 5.41 Å². The molecule has 0 radical (unpaired) electrons. The molecule has 2 aromatic carbocycles. The van der Waals surface area contributed by atoms with E-state index in [4.69, 9.17) is 21.4 Å². The molecule has 1 unspecified atom stereocenters. The zero-order valence-corrected chi connectivity index (χ0v) is 27.7. The van der Waals surface area contributed by atoms with Gasteiger partial charge in [0.05, 0.1) is 34.7 Å². The molecule has 0 spiro atoms. The van der Waals surface area contributed by atoms with E-state index in [0.29, 0.717) is 17.9 Å². The fourth-order valence-electron chi connectivity index (χ4n) is 6.59. The van der Waals surface area contributed by atoms with Gasteiger partial charge in [0.2, 0.25) is 0 Å². The highest BCUT2D eigenvalue weighted by Gasteiger charge is 2.31. The van der Waals surface area contributed by atoms with Gasteiger partial charge in [-0.25, -0.2) is 9.48 Å². The number of pyridine rings is 1. The summed E-state index contributed by atoms with van der Waals surface area (Å²) in [6, 6.07) is 18.4. The first-order valence-corrected chi connectivity index (χ1v) is 16.4. The number of urea groups is 1. The van der Waals surface area contributed by atoms with Gasteiger partial charge in [0.15, 0.2) is 11.5 Å². The van der Waals surface area contributed by atoms with Gasteiger partial charge < -0.3 is 15.2 Å². The van der Waals surface area contributed by atoms with E-state index in [2.05, 4.69) is 59.6 Å². The van der Waals surface area contributed by atoms with Gasteiger partial charge in [0, 0.05) is 17.5 Å². The number of phenolic OH excluding ortho intramolecular Hbond substituents is 1. The van der Waals surface area contributed by atoms with Crippen molar-refractivity contribution in [3.05, 3.63) is 94.5 Å². The highest BCUT2D eigenvalue weighted by atomic mass is 35.5. The van der Waals surface area contributed by atoms with Crippen molar-refractivity contribution in [2.75, 3.05) is 18.9 Å². The second-order valence-corrected chi connectivity index (χ2v) is 13.9. The monoisotopic (exact) mass is 654 g/mol. The van der Waals surface area contributed by atoms with E-state index in [1.54, 1.807) is 16.8 Å². The number of fused-ring (bicyclic) bond motifs is 2. The number of amides is 2. The lowest BCUT2D eigenvalue weighted by Crippen LogP contribution is -2.36. The van der Waals surface area contributed by atoms with Crippen LogP contribution in [0.15, 0.2) is 66.9 Å². The number of nitrogens with one attached hydrogen (secondary N) is 2. The summed E-state index contributed by atoms with van der Waals surface area (Å²) >= 11 is 6.05. The molecule has 12 heteroatoms. The molecule has 4 heterocycles. The Kier molecular flexibility index (Phi) is 8.05. The number of likely N-dealkylation sites (tertiary alicyclic amines) is 1. The Balaban J connectivity index is 1.10. The number of phenols is 1. The number of halogens is 1. The number of nitrogens with zero attached hydrogens (tertiary/aromatic N) is 6. The fraction of sp³-hybridized carbons (Fsp3) is 0.371. The molecule has 1 aliphatic carbocycles. The molecule has 5 aromatic rings. The van der Waals surface area contributed by atoms with E-state index in [9.17, 15) is 9.90 Å². The van der Waals surface area contributed by atoms with Gasteiger partial charge in [0.1, 0.15) is 23.4 Å². The maximum atomic E-state index is 13.5. The van der Waals surface area contributed by atoms with E-state index < -0.39 is 0 Å². The first-order valence-electron chi connectivity index (χ1n) is 16.0. The van der Waals surface area contributed by atoms with Gasteiger partial charge in [-0.3, -0.25) is 14.6 Å². The summed E-state index contributed by atoms with van der Waals surface area (Å²) in [4.78, 5) is 15.8. The molecule has 2 aliphatic rings. The third-order valence-electron chi connectivity index (χ3n) is 9.13. The minimum atomic E-state index is -0.355. The molecule has 1 saturated heterocycles. The predicted octanol–water partition coefficient (Wildman–Crippen LogP) is 7.11. The summed E-state index contributed by atoms with van der Waals surface area (Å²) in [5.41, 5.74) is 3.96. The predicted molar refractivity (Wildman–Crippen MR) is 180 cm³/mol. The van der Waals surface area contributed by atoms with Crippen LogP contribution in [-0.4, -0.2) is 54.0 Å². The third-order valence-corrected chi connectivity index (χ3v) is 9.45. The SMILES string of the molecule is CN1CCCC1c1nnc2ccc(O[C@@H]3CC[C@H](NC(=O)Nc4cc(C(C)(C)C)nn4-c4ccc(Cl)c(O)c4)c4ccccc43)cn12. The van der Waals surface area contributed by atoms with Crippen LogP contribution in [0.4, 0.5) is 10.6 Å². The lowest BCUT2D eigenvalue weighted by molar-refractivity contribution is 0.171. The molecule has 47 heavy (non-hydrogen) atoms. The number of hydrogen-bond donors (Lipinski definition) is 3. The maximum absolute atomic E-state index is 13.5. The zero-order chi connectivity index (χ0) is 32.9. The molecule has 2 amide bonds. The van der Waals surface area contributed by atoms with E-state index in [1.165, 1.54) is 6.07 Å². The molecule has 3 atom stereocenters. The number of anilines is 1. The van der Waals surface area contributed by atoms with Gasteiger partial charge >= 0.3 is 6.03 Å². The number of hydrogen-bond acceptors (Lipinski definition) is 7. The lowest BCUT2D eigenvalue weighted by atomic mass is 9.85. The average molecular weight is 655 g/mol. The minimum Gasteiger partial charge on any atom is -0.506 e. The summed E-state index contributed by atoms with van der Waals surface area (Å²) < 4.78 is 10.3. The molecule has 0 saturated carbocycles. The number of ether oxygens (including phenoxy) is 1. The third kappa shape index (κ3) is 6.13. The minimum absolute atomic E-state index is 0.0635. The quantitative estimate of drug-likeness (QED) is 0.178. The van der Waals surface area contributed by atoms with Crippen molar-refractivity contribution >= 4 is 29.1 Å². The summed E-state index contributed by atoms with van der Waals surface area (Å²) in [5.74, 6) is 2.10. The summed E-state index contributed by atoms with van der Waals surface area (Å²) in [6.45, 7) is 7.21. The largest absolute Gasteiger partial charge is 0.506 e. The highest BCUT2D eigenvalue weighted by molar-refractivity contribution is 6.32. The molecule has 3 aromatic heterocycles. The maximum Gasteiger partial charge on any atom is 0.320 e. The van der Waals surface area contributed by atoms with Crippen molar-refractivity contribution in [2.45, 2.75) is 70.1 Å². The standard InChI is InChI=1S/C35H39ClN8O3/c1-35(2,3)30-19-32(44(41-30)21-11-13-25(36)28(45)18-21)38-34(46)37-26-14-15-29(24-9-6-5-8-23(24)26)47-22-12-16-31-39-40-33(43(31)20-22)27-10-7-17-42(27)4/h5-6,8-9,11-13,16,18-20,26-27,29,45H,7,10,14-15,17H2,1-4H3,(H2,37,38,46)/t26-,27?,29+/m0/s1. The molecule has 1 fully saturated rings.